The Labute approximate surface area is 250 Å². The number of hydrogen-bond donors (Lipinski definition) is 1. The topological polar surface area (TPSA) is 98.9 Å². The molecule has 12 heteroatoms. The van der Waals surface area contributed by atoms with Crippen molar-refractivity contribution in [2.24, 2.45) is 0 Å². The van der Waals surface area contributed by atoms with Crippen LogP contribution in [0.4, 0.5) is 8.78 Å². The predicted octanol–water partition coefficient (Wildman–Crippen LogP) is 5.81. The number of fused-ring (bicyclic) bond motifs is 1. The molecule has 0 aliphatic carbocycles. The first-order valence-electron chi connectivity index (χ1n) is 13.1. The molecule has 0 atom stereocenters. The number of amides is 1. The summed E-state index contributed by atoms with van der Waals surface area (Å²) < 4.78 is 57.3. The molecule has 43 heavy (non-hydrogen) atoms. The average Bonchev–Trinajstić information content (AvgIpc) is 3.63. The van der Waals surface area contributed by atoms with Crippen molar-refractivity contribution < 1.29 is 22.0 Å². The van der Waals surface area contributed by atoms with Crippen molar-refractivity contribution in [1.82, 2.24) is 24.1 Å². The van der Waals surface area contributed by atoms with Gasteiger partial charge >= 0.3 is 0 Å². The zero-order chi connectivity index (χ0) is 30.0. The van der Waals surface area contributed by atoms with E-state index in [9.17, 15) is 22.0 Å². The second kappa shape index (κ2) is 11.8. The van der Waals surface area contributed by atoms with E-state index in [1.165, 1.54) is 46.6 Å². The first-order valence-corrected chi connectivity index (χ1v) is 15.5. The van der Waals surface area contributed by atoms with Crippen LogP contribution in [-0.2, 0) is 21.4 Å². The van der Waals surface area contributed by atoms with Crippen LogP contribution in [0.3, 0.4) is 0 Å². The van der Waals surface area contributed by atoms with Gasteiger partial charge in [-0.15, -0.1) is 10.2 Å². The number of carbonyl (C=O) groups is 1. The van der Waals surface area contributed by atoms with Crippen LogP contribution in [0.15, 0.2) is 119 Å². The van der Waals surface area contributed by atoms with E-state index in [0.29, 0.717) is 33.1 Å². The van der Waals surface area contributed by atoms with Crippen molar-refractivity contribution in [1.29, 1.82) is 0 Å². The number of aromatic nitrogens is 4. The molecule has 6 rings (SSSR count). The van der Waals surface area contributed by atoms with Gasteiger partial charge in [0.1, 0.15) is 11.6 Å². The molecule has 6 aromatic rings. The van der Waals surface area contributed by atoms with Crippen LogP contribution in [0.1, 0.15) is 5.56 Å². The van der Waals surface area contributed by atoms with E-state index in [0.717, 1.165) is 17.3 Å². The van der Waals surface area contributed by atoms with Crippen LogP contribution in [-0.4, -0.2) is 38.8 Å². The van der Waals surface area contributed by atoms with Gasteiger partial charge in [-0.25, -0.2) is 21.2 Å². The molecule has 0 saturated heterocycles. The molecule has 0 spiro atoms. The first-order chi connectivity index (χ1) is 20.8. The molecule has 0 fully saturated rings. The molecule has 4 aromatic carbocycles. The third kappa shape index (κ3) is 5.79. The van der Waals surface area contributed by atoms with Crippen molar-refractivity contribution >= 4 is 38.6 Å². The normalized spacial score (nSPS) is 11.6. The Balaban J connectivity index is 1.37. The van der Waals surface area contributed by atoms with Crippen LogP contribution in [0, 0.1) is 11.6 Å². The molecule has 1 N–H and O–H groups in total. The number of benzene rings is 4. The molecule has 216 valence electrons. The van der Waals surface area contributed by atoms with Gasteiger partial charge in [-0.05, 0) is 60.2 Å². The van der Waals surface area contributed by atoms with Crippen molar-refractivity contribution in [3.63, 3.8) is 0 Å². The van der Waals surface area contributed by atoms with Crippen molar-refractivity contribution in [3.05, 3.63) is 127 Å². The molecular formula is C31H23F2N5O3S2. The molecule has 0 saturated carbocycles. The summed E-state index contributed by atoms with van der Waals surface area (Å²) in [7, 11) is -3.95. The molecule has 0 radical (unpaired) electrons. The average molecular weight is 616 g/mol. The summed E-state index contributed by atoms with van der Waals surface area (Å²) in [5.41, 5.74) is 2.21. The maximum absolute atomic E-state index is 13.9. The van der Waals surface area contributed by atoms with E-state index < -0.39 is 15.8 Å². The lowest BCUT2D eigenvalue weighted by Crippen LogP contribution is -2.24. The number of carbonyl (C=O) groups excluding carboxylic acids is 1. The van der Waals surface area contributed by atoms with Gasteiger partial charge in [-0.3, -0.25) is 9.36 Å². The molecule has 8 nitrogen and oxygen atoms in total. The summed E-state index contributed by atoms with van der Waals surface area (Å²) in [6, 6.07) is 26.7. The van der Waals surface area contributed by atoms with Crippen LogP contribution >= 0.6 is 11.8 Å². The molecule has 0 aliphatic heterocycles. The Morgan fingerprint density at radius 2 is 1.47 bits per heavy atom. The fourth-order valence-corrected chi connectivity index (χ4v) is 6.75. The van der Waals surface area contributed by atoms with Crippen LogP contribution < -0.4 is 5.32 Å². The highest BCUT2D eigenvalue weighted by atomic mass is 32.2. The summed E-state index contributed by atoms with van der Waals surface area (Å²) in [6.07, 6.45) is 1.50. The van der Waals surface area contributed by atoms with Gasteiger partial charge in [-0.2, -0.15) is 0 Å². The Morgan fingerprint density at radius 3 is 2.19 bits per heavy atom. The zero-order valence-corrected chi connectivity index (χ0v) is 24.0. The van der Waals surface area contributed by atoms with E-state index in [-0.39, 0.29) is 28.9 Å². The highest BCUT2D eigenvalue weighted by Crippen LogP contribution is 2.35. The van der Waals surface area contributed by atoms with Gasteiger partial charge in [0, 0.05) is 29.4 Å². The standard InChI is InChI=1S/C31H23F2N5O3S2/c32-22-12-10-21(11-13-22)18-34-29(39)20-42-31-36-35-30(38(31)24-16-14-23(33)15-17-24)27-19-37(28-9-5-4-8-26(27)28)43(40,41)25-6-2-1-3-7-25/h1-17,19H,18,20H2,(H,34,39). The predicted molar refractivity (Wildman–Crippen MR) is 160 cm³/mol. The maximum Gasteiger partial charge on any atom is 0.268 e. The zero-order valence-electron chi connectivity index (χ0n) is 22.4. The lowest BCUT2D eigenvalue weighted by atomic mass is 10.1. The van der Waals surface area contributed by atoms with E-state index >= 15 is 0 Å². The summed E-state index contributed by atoms with van der Waals surface area (Å²) in [5.74, 6) is -0.764. The number of rotatable bonds is 9. The van der Waals surface area contributed by atoms with Crippen LogP contribution in [0.2, 0.25) is 0 Å². The molecule has 2 heterocycles. The quantitative estimate of drug-likeness (QED) is 0.206. The summed E-state index contributed by atoms with van der Waals surface area (Å²) in [5, 5.41) is 12.5. The minimum atomic E-state index is -3.95. The molecule has 0 bridgehead atoms. The van der Waals surface area contributed by atoms with Gasteiger partial charge in [0.25, 0.3) is 10.0 Å². The first kappa shape index (κ1) is 28.3. The van der Waals surface area contributed by atoms with E-state index in [4.69, 9.17) is 0 Å². The van der Waals surface area contributed by atoms with Crippen molar-refractivity contribution in [2.45, 2.75) is 16.6 Å². The number of halogens is 2. The van der Waals surface area contributed by atoms with Crippen LogP contribution in [0.5, 0.6) is 0 Å². The van der Waals surface area contributed by atoms with Gasteiger partial charge < -0.3 is 5.32 Å². The van der Waals surface area contributed by atoms with Crippen LogP contribution in [0.25, 0.3) is 28.0 Å². The molecular weight excluding hydrogens is 593 g/mol. The third-order valence-corrected chi connectivity index (χ3v) is 9.29. The van der Waals surface area contributed by atoms with E-state index in [1.807, 2.05) is 0 Å². The minimum absolute atomic E-state index is 0.00926. The fraction of sp³-hybridized carbons (Fsp3) is 0.0645. The van der Waals surface area contributed by atoms with E-state index in [2.05, 4.69) is 15.5 Å². The summed E-state index contributed by atoms with van der Waals surface area (Å²) in [6.45, 7) is 0.227. The summed E-state index contributed by atoms with van der Waals surface area (Å²) in [4.78, 5) is 12.8. The Bertz CT molecular complexity index is 2030. The number of thioether (sulfide) groups is 1. The Hall–Kier alpha value is -4.81. The number of nitrogens with zero attached hydrogens (tertiary/aromatic N) is 4. The monoisotopic (exact) mass is 615 g/mol. The molecule has 0 unspecified atom stereocenters. The SMILES string of the molecule is O=C(CSc1nnc(-c2cn(S(=O)(=O)c3ccccc3)c3ccccc23)n1-c1ccc(F)cc1)NCc1ccc(F)cc1. The second-order valence-corrected chi connectivity index (χ2v) is 12.2. The fourth-order valence-electron chi connectivity index (χ4n) is 4.58. The highest BCUT2D eigenvalue weighted by Gasteiger charge is 2.25. The van der Waals surface area contributed by atoms with Gasteiger partial charge in [-0.1, -0.05) is 60.3 Å². The number of nitrogens with one attached hydrogen (secondary N) is 1. The lowest BCUT2D eigenvalue weighted by molar-refractivity contribution is -0.118. The smallest absolute Gasteiger partial charge is 0.268 e. The van der Waals surface area contributed by atoms with Crippen molar-refractivity contribution in [3.8, 4) is 17.1 Å². The van der Waals surface area contributed by atoms with E-state index in [1.54, 1.807) is 71.3 Å². The Kier molecular flexibility index (Phi) is 7.78. The second-order valence-electron chi connectivity index (χ2n) is 9.48. The van der Waals surface area contributed by atoms with Crippen molar-refractivity contribution in [2.75, 3.05) is 5.75 Å². The van der Waals surface area contributed by atoms with Gasteiger partial charge in [0.05, 0.1) is 16.2 Å². The number of hydrogen-bond acceptors (Lipinski definition) is 6. The molecule has 2 aromatic heterocycles. The minimum Gasteiger partial charge on any atom is -0.351 e. The summed E-state index contributed by atoms with van der Waals surface area (Å²) >= 11 is 1.12. The van der Waals surface area contributed by atoms with Gasteiger partial charge in [0.2, 0.25) is 5.91 Å². The van der Waals surface area contributed by atoms with Gasteiger partial charge in [0.15, 0.2) is 11.0 Å². The maximum atomic E-state index is 13.9. The highest BCUT2D eigenvalue weighted by molar-refractivity contribution is 7.99. The molecule has 0 aliphatic rings. The third-order valence-electron chi connectivity index (χ3n) is 6.67. The Morgan fingerprint density at radius 1 is 0.814 bits per heavy atom. The largest absolute Gasteiger partial charge is 0.351 e. The number of para-hydroxylation sites is 1. The molecule has 1 amide bonds. The lowest BCUT2D eigenvalue weighted by Gasteiger charge is -2.10.